The van der Waals surface area contributed by atoms with E-state index in [0.717, 1.165) is 23.4 Å². The zero-order valence-corrected chi connectivity index (χ0v) is 12.0. The molecule has 0 fully saturated rings. The minimum atomic E-state index is -1.08. The fourth-order valence-electron chi connectivity index (χ4n) is 2.41. The summed E-state index contributed by atoms with van der Waals surface area (Å²) in [5.41, 5.74) is 1.26. The van der Waals surface area contributed by atoms with E-state index in [0.29, 0.717) is 12.1 Å². The van der Waals surface area contributed by atoms with Gasteiger partial charge in [0.15, 0.2) is 0 Å². The van der Waals surface area contributed by atoms with Crippen molar-refractivity contribution in [2.45, 2.75) is 25.8 Å². The largest absolute Gasteiger partial charge is 0.478 e. The van der Waals surface area contributed by atoms with Crippen LogP contribution in [0.2, 0.25) is 0 Å². The highest BCUT2D eigenvalue weighted by Crippen LogP contribution is 2.32. The Balaban J connectivity index is 1.98. The summed E-state index contributed by atoms with van der Waals surface area (Å²) in [6.45, 7) is 0.159. The molecule has 1 aliphatic heterocycles. The highest BCUT2D eigenvalue weighted by Gasteiger charge is 2.25. The van der Waals surface area contributed by atoms with Crippen LogP contribution in [0.1, 0.15) is 33.8 Å². The summed E-state index contributed by atoms with van der Waals surface area (Å²) < 4.78 is 0. The molecule has 108 valence electrons. The fraction of sp³-hybridized carbons (Fsp3) is 0.286. The van der Waals surface area contributed by atoms with Crippen LogP contribution in [0.5, 0.6) is 0 Å². The van der Waals surface area contributed by atoms with Gasteiger partial charge in [-0.2, -0.15) is 0 Å². The first-order valence-electron chi connectivity index (χ1n) is 6.55. The Labute approximate surface area is 125 Å². The van der Waals surface area contributed by atoms with Crippen molar-refractivity contribution >= 4 is 28.9 Å². The summed E-state index contributed by atoms with van der Waals surface area (Å²) in [6, 6.07) is 1.91. The molecule has 1 N–H and O–H groups in total. The van der Waals surface area contributed by atoms with E-state index in [1.165, 1.54) is 12.5 Å². The van der Waals surface area contributed by atoms with Crippen LogP contribution >= 0.6 is 11.3 Å². The fourth-order valence-corrected chi connectivity index (χ4v) is 3.34. The average molecular weight is 303 g/mol. The first-order chi connectivity index (χ1) is 10.2. The summed E-state index contributed by atoms with van der Waals surface area (Å²) in [7, 11) is 0. The maximum absolute atomic E-state index is 12.3. The van der Waals surface area contributed by atoms with E-state index >= 15 is 0 Å². The summed E-state index contributed by atoms with van der Waals surface area (Å²) in [5.74, 6) is -1.08. The van der Waals surface area contributed by atoms with Crippen LogP contribution in [-0.4, -0.2) is 27.0 Å². The number of anilines is 1. The van der Waals surface area contributed by atoms with Crippen molar-refractivity contribution in [1.29, 1.82) is 0 Å². The molecule has 0 atom stereocenters. The number of hydrogen-bond acceptors (Lipinski definition) is 5. The molecule has 1 amide bonds. The molecule has 0 saturated carbocycles. The number of carboxylic acid groups (broad SMARTS) is 1. The Morgan fingerprint density at radius 2 is 2.29 bits per heavy atom. The van der Waals surface area contributed by atoms with Crippen LogP contribution in [0.15, 0.2) is 24.0 Å². The molecule has 0 unspecified atom stereocenters. The van der Waals surface area contributed by atoms with E-state index in [1.807, 2.05) is 11.4 Å². The number of carboxylic acids is 1. The van der Waals surface area contributed by atoms with Crippen LogP contribution in [0.4, 0.5) is 5.69 Å². The quantitative estimate of drug-likeness (QED) is 0.939. The maximum Gasteiger partial charge on any atom is 0.339 e. The van der Waals surface area contributed by atoms with Gasteiger partial charge in [-0.05, 0) is 24.3 Å². The van der Waals surface area contributed by atoms with E-state index < -0.39 is 5.97 Å². The Bertz CT molecular complexity index is 698. The molecule has 2 aromatic heterocycles. The van der Waals surface area contributed by atoms with E-state index in [-0.39, 0.29) is 18.0 Å². The Morgan fingerprint density at radius 1 is 1.43 bits per heavy atom. The molecule has 0 spiro atoms. The topological polar surface area (TPSA) is 83.4 Å². The first-order valence-corrected chi connectivity index (χ1v) is 7.43. The molecule has 3 rings (SSSR count). The van der Waals surface area contributed by atoms with Crippen molar-refractivity contribution in [3.63, 3.8) is 0 Å². The van der Waals surface area contributed by atoms with Gasteiger partial charge in [-0.15, -0.1) is 11.3 Å². The smallest absolute Gasteiger partial charge is 0.339 e. The van der Waals surface area contributed by atoms with Gasteiger partial charge in [0.25, 0.3) is 0 Å². The summed E-state index contributed by atoms with van der Waals surface area (Å²) in [4.78, 5) is 34.1. The molecule has 21 heavy (non-hydrogen) atoms. The molecule has 2 aromatic rings. The van der Waals surface area contributed by atoms with Crippen molar-refractivity contribution < 1.29 is 14.7 Å². The van der Waals surface area contributed by atoms with Crippen LogP contribution in [0, 0.1) is 0 Å². The van der Waals surface area contributed by atoms with Gasteiger partial charge in [-0.25, -0.2) is 14.8 Å². The minimum Gasteiger partial charge on any atom is -0.478 e. The van der Waals surface area contributed by atoms with Crippen molar-refractivity contribution in [3.05, 3.63) is 40.1 Å². The lowest BCUT2D eigenvalue weighted by Gasteiger charge is -2.21. The molecule has 0 saturated heterocycles. The predicted octanol–water partition coefficient (Wildman–Crippen LogP) is 2.11. The zero-order valence-electron chi connectivity index (χ0n) is 11.2. The molecule has 7 heteroatoms. The molecule has 0 aliphatic carbocycles. The standard InChI is InChI=1S/C14H13N3O3S/c18-13-3-1-2-12-11(4-5-21-12)17(13)7-10-9(14(19)20)6-15-8-16-10/h4-6,8H,1-3,7H2,(H,19,20). The SMILES string of the molecule is O=C(O)c1cncnc1CN1C(=O)CCCc2sccc21. The normalized spacial score (nSPS) is 14.7. The molecule has 1 aliphatic rings. The molecule has 0 bridgehead atoms. The molecule has 6 nitrogen and oxygen atoms in total. The minimum absolute atomic E-state index is 0.00195. The van der Waals surface area contributed by atoms with Gasteiger partial charge in [-0.3, -0.25) is 4.79 Å². The first kappa shape index (κ1) is 13.7. The van der Waals surface area contributed by atoms with Gasteiger partial charge in [0, 0.05) is 17.5 Å². The van der Waals surface area contributed by atoms with Gasteiger partial charge >= 0.3 is 5.97 Å². The maximum atomic E-state index is 12.3. The monoisotopic (exact) mass is 303 g/mol. The van der Waals surface area contributed by atoms with Crippen molar-refractivity contribution in [2.24, 2.45) is 0 Å². The van der Waals surface area contributed by atoms with Crippen molar-refractivity contribution in [2.75, 3.05) is 4.90 Å². The van der Waals surface area contributed by atoms with Gasteiger partial charge < -0.3 is 10.0 Å². The van der Waals surface area contributed by atoms with E-state index in [2.05, 4.69) is 9.97 Å². The summed E-state index contributed by atoms with van der Waals surface area (Å²) in [5, 5.41) is 11.1. The second-order valence-electron chi connectivity index (χ2n) is 4.75. The lowest BCUT2D eigenvalue weighted by Crippen LogP contribution is -2.30. The van der Waals surface area contributed by atoms with Crippen LogP contribution in [-0.2, 0) is 17.8 Å². The predicted molar refractivity (Wildman–Crippen MR) is 77.4 cm³/mol. The third kappa shape index (κ3) is 2.64. The van der Waals surface area contributed by atoms with Crippen LogP contribution < -0.4 is 4.90 Å². The third-order valence-corrected chi connectivity index (χ3v) is 4.41. The Kier molecular flexibility index (Phi) is 3.66. The average Bonchev–Trinajstić information content (AvgIpc) is 2.87. The second kappa shape index (κ2) is 5.61. The number of aryl methyl sites for hydroxylation is 1. The lowest BCUT2D eigenvalue weighted by atomic mass is 10.2. The molecular formula is C14H13N3O3S. The van der Waals surface area contributed by atoms with E-state index in [9.17, 15) is 14.7 Å². The number of fused-ring (bicyclic) bond motifs is 1. The van der Waals surface area contributed by atoms with Crippen molar-refractivity contribution in [1.82, 2.24) is 9.97 Å². The summed E-state index contributed by atoms with van der Waals surface area (Å²) in [6.07, 6.45) is 4.73. The molecule has 3 heterocycles. The number of thiophene rings is 1. The van der Waals surface area contributed by atoms with Gasteiger partial charge in [0.1, 0.15) is 11.9 Å². The highest BCUT2D eigenvalue weighted by atomic mass is 32.1. The number of amides is 1. The molecule has 0 radical (unpaired) electrons. The number of aromatic nitrogens is 2. The van der Waals surface area contributed by atoms with Crippen LogP contribution in [0.25, 0.3) is 0 Å². The van der Waals surface area contributed by atoms with Gasteiger partial charge in [0.2, 0.25) is 5.91 Å². The van der Waals surface area contributed by atoms with E-state index in [4.69, 9.17) is 0 Å². The lowest BCUT2D eigenvalue weighted by molar-refractivity contribution is -0.118. The third-order valence-electron chi connectivity index (χ3n) is 3.44. The highest BCUT2D eigenvalue weighted by molar-refractivity contribution is 7.10. The number of hydrogen-bond donors (Lipinski definition) is 1. The number of rotatable bonds is 3. The number of aromatic carboxylic acids is 1. The molecule has 0 aromatic carbocycles. The van der Waals surface area contributed by atoms with Gasteiger partial charge in [-0.1, -0.05) is 0 Å². The Hall–Kier alpha value is -2.28. The van der Waals surface area contributed by atoms with Crippen LogP contribution in [0.3, 0.4) is 0 Å². The number of nitrogens with zero attached hydrogens (tertiary/aromatic N) is 3. The van der Waals surface area contributed by atoms with Gasteiger partial charge in [0.05, 0.1) is 17.9 Å². The zero-order chi connectivity index (χ0) is 14.8. The van der Waals surface area contributed by atoms with Crippen molar-refractivity contribution in [3.8, 4) is 0 Å². The number of carbonyl (C=O) groups is 2. The van der Waals surface area contributed by atoms with E-state index in [1.54, 1.807) is 16.2 Å². The second-order valence-corrected chi connectivity index (χ2v) is 5.75. The number of carbonyl (C=O) groups excluding carboxylic acids is 1. The Morgan fingerprint density at radius 3 is 3.10 bits per heavy atom. The summed E-state index contributed by atoms with van der Waals surface area (Å²) >= 11 is 1.62. The molecular weight excluding hydrogens is 290 g/mol.